The minimum atomic E-state index is -1.48. The minimum absolute atomic E-state index is 0.110. The number of rotatable bonds is 8. The first-order chi connectivity index (χ1) is 14.2. The summed E-state index contributed by atoms with van der Waals surface area (Å²) in [7, 11) is 11.6. The molecule has 150 valence electrons. The molecule has 10 heteroatoms. The van der Waals surface area contributed by atoms with Crippen molar-refractivity contribution in [3.63, 3.8) is 0 Å². The van der Waals surface area contributed by atoms with Crippen LogP contribution in [0.5, 0.6) is 11.6 Å². The van der Waals surface area contributed by atoms with Crippen molar-refractivity contribution in [2.45, 2.75) is 33.1 Å². The topological polar surface area (TPSA) is 73.3 Å². The third-order valence-corrected chi connectivity index (χ3v) is 4.93. The van der Waals surface area contributed by atoms with Gasteiger partial charge in [-0.1, -0.05) is 16.8 Å². The number of carbonyl (C=O) groups is 1. The van der Waals surface area contributed by atoms with Crippen molar-refractivity contribution < 1.29 is 18.7 Å². The number of nitrogens with zero attached hydrogens (tertiary/aromatic N) is 2. The van der Waals surface area contributed by atoms with Crippen LogP contribution in [0.4, 0.5) is 15.2 Å². The Hall–Kier alpha value is -2.87. The Kier molecular flexibility index (Phi) is 6.76. The van der Waals surface area contributed by atoms with Gasteiger partial charge in [0.25, 0.3) is 0 Å². The maximum atomic E-state index is 12.9. The zero-order valence-electron chi connectivity index (χ0n) is 16.7. The number of benzene rings is 1. The van der Waals surface area contributed by atoms with E-state index in [-0.39, 0.29) is 11.7 Å². The van der Waals surface area contributed by atoms with Crippen LogP contribution in [0.25, 0.3) is 0 Å². The highest BCUT2D eigenvalue weighted by atomic mass is 32.1. The van der Waals surface area contributed by atoms with E-state index in [1.54, 1.807) is 32.0 Å². The van der Waals surface area contributed by atoms with E-state index >= 15 is 0 Å². The molecular formula is C20H18B2FN3O3S. The lowest BCUT2D eigenvalue weighted by Crippen LogP contribution is -2.17. The number of hydrogen-bond donors (Lipinski definition) is 1. The predicted molar refractivity (Wildman–Crippen MR) is 117 cm³/mol. The van der Waals surface area contributed by atoms with Crippen LogP contribution in [0.3, 0.4) is 0 Å². The summed E-state index contributed by atoms with van der Waals surface area (Å²) in [6.45, 7) is 4.71. The molecule has 2 heterocycles. The van der Waals surface area contributed by atoms with Crippen LogP contribution in [0.1, 0.15) is 34.8 Å². The zero-order chi connectivity index (χ0) is 21.8. The van der Waals surface area contributed by atoms with Gasteiger partial charge in [-0.05, 0) is 38.1 Å². The van der Waals surface area contributed by atoms with E-state index in [4.69, 9.17) is 25.2 Å². The Morgan fingerprint density at radius 2 is 2.00 bits per heavy atom. The fourth-order valence-electron chi connectivity index (χ4n) is 2.60. The molecule has 1 aromatic carbocycles. The van der Waals surface area contributed by atoms with Gasteiger partial charge in [-0.3, -0.25) is 4.79 Å². The number of carbonyl (C=O) groups excluding carboxylic acids is 1. The van der Waals surface area contributed by atoms with Gasteiger partial charge in [0.1, 0.15) is 21.4 Å². The number of aromatic nitrogens is 2. The quantitative estimate of drug-likeness (QED) is 0.445. The van der Waals surface area contributed by atoms with Crippen LogP contribution >= 0.6 is 11.3 Å². The van der Waals surface area contributed by atoms with Gasteiger partial charge in [0, 0.05) is 30.4 Å². The summed E-state index contributed by atoms with van der Waals surface area (Å²) in [4.78, 5) is 21.6. The molecule has 0 aliphatic heterocycles. The summed E-state index contributed by atoms with van der Waals surface area (Å²) in [5.41, 5.74) is 2.06. The van der Waals surface area contributed by atoms with E-state index in [1.807, 2.05) is 0 Å². The summed E-state index contributed by atoms with van der Waals surface area (Å²) in [5, 5.41) is 3.67. The second-order valence-electron chi connectivity index (χ2n) is 6.51. The number of nitrogens with one attached hydrogen (secondary N) is 1. The van der Waals surface area contributed by atoms with Crippen molar-refractivity contribution >= 4 is 49.1 Å². The largest absolute Gasteiger partial charge is 0.501 e. The van der Waals surface area contributed by atoms with Gasteiger partial charge in [-0.25, -0.2) is 14.4 Å². The van der Waals surface area contributed by atoms with E-state index < -0.39 is 12.4 Å². The molecule has 0 saturated heterocycles. The normalized spacial score (nSPS) is 12.8. The summed E-state index contributed by atoms with van der Waals surface area (Å²) in [5.74, 6) is 0.369. The van der Waals surface area contributed by atoms with Crippen LogP contribution in [-0.4, -0.2) is 43.8 Å². The van der Waals surface area contributed by atoms with Crippen molar-refractivity contribution in [3.05, 3.63) is 52.7 Å². The van der Waals surface area contributed by atoms with E-state index in [1.165, 1.54) is 36.6 Å². The van der Waals surface area contributed by atoms with Crippen molar-refractivity contribution in [1.29, 1.82) is 0 Å². The van der Waals surface area contributed by atoms with Crippen LogP contribution in [0.15, 0.2) is 36.5 Å². The average molecular weight is 421 g/mol. The maximum Gasteiger partial charge on any atom is 0.237 e. The predicted octanol–water partition coefficient (Wildman–Crippen LogP) is 3.20. The highest BCUT2D eigenvalue weighted by molar-refractivity contribution is 7.17. The lowest BCUT2D eigenvalue weighted by Gasteiger charge is -2.14. The Balaban J connectivity index is 1.75. The van der Waals surface area contributed by atoms with E-state index in [2.05, 4.69) is 15.3 Å². The molecule has 6 nitrogen and oxygen atoms in total. The molecule has 0 aliphatic rings. The molecule has 0 spiro atoms. The summed E-state index contributed by atoms with van der Waals surface area (Å²) >= 11 is 1.21. The number of halogens is 1. The molecule has 0 bridgehead atoms. The Morgan fingerprint density at radius 3 is 2.60 bits per heavy atom. The summed E-state index contributed by atoms with van der Waals surface area (Å²) in [6.07, 6.45) is -0.130. The molecule has 3 aromatic rings. The molecule has 2 atom stereocenters. The first-order valence-corrected chi connectivity index (χ1v) is 9.92. The SMILES string of the molecule is [B]c1cc(Nc2nc(C)c(C(=O)c3ccc(OC(C)F)nc3)s2)ccc1OC([B])C. The molecule has 3 rings (SSSR count). The van der Waals surface area contributed by atoms with Crippen molar-refractivity contribution in [2.24, 2.45) is 0 Å². The summed E-state index contributed by atoms with van der Waals surface area (Å²) in [6, 6.07) is 7.70. The van der Waals surface area contributed by atoms with Crippen LogP contribution < -0.4 is 20.3 Å². The maximum absolute atomic E-state index is 12.9. The smallest absolute Gasteiger partial charge is 0.237 e. The Bertz CT molecular complexity index is 1040. The van der Waals surface area contributed by atoms with E-state index in [0.29, 0.717) is 38.2 Å². The van der Waals surface area contributed by atoms with Crippen LogP contribution in [0, 0.1) is 6.92 Å². The number of aryl methyl sites for hydroxylation is 1. The second kappa shape index (κ2) is 9.30. The highest BCUT2D eigenvalue weighted by Gasteiger charge is 2.18. The second-order valence-corrected chi connectivity index (χ2v) is 7.51. The minimum Gasteiger partial charge on any atom is -0.501 e. The molecule has 0 aliphatic carbocycles. The van der Waals surface area contributed by atoms with E-state index in [0.717, 1.165) is 0 Å². The first-order valence-electron chi connectivity index (χ1n) is 9.10. The fraction of sp³-hybridized carbons (Fsp3) is 0.250. The average Bonchev–Trinajstić information content (AvgIpc) is 3.03. The van der Waals surface area contributed by atoms with Crippen LogP contribution in [0.2, 0.25) is 0 Å². The number of hydrogen-bond acceptors (Lipinski definition) is 7. The number of anilines is 2. The third-order valence-electron chi connectivity index (χ3n) is 3.86. The first kappa shape index (κ1) is 21.8. The van der Waals surface area contributed by atoms with Crippen molar-refractivity contribution in [2.75, 3.05) is 5.32 Å². The molecule has 0 amide bonds. The molecular weight excluding hydrogens is 403 g/mol. The number of thiazole rings is 1. The van der Waals surface area contributed by atoms with Crippen molar-refractivity contribution in [1.82, 2.24) is 9.97 Å². The van der Waals surface area contributed by atoms with Gasteiger partial charge in [-0.2, -0.15) is 0 Å². The van der Waals surface area contributed by atoms with Gasteiger partial charge in [0.05, 0.1) is 16.6 Å². The molecule has 2 aromatic heterocycles. The van der Waals surface area contributed by atoms with Gasteiger partial charge in [0.2, 0.25) is 18.0 Å². The highest BCUT2D eigenvalue weighted by Crippen LogP contribution is 2.28. The number of ether oxygens (including phenoxy) is 2. The van der Waals surface area contributed by atoms with Gasteiger partial charge in [-0.15, -0.1) is 0 Å². The fourth-order valence-corrected chi connectivity index (χ4v) is 3.55. The zero-order valence-corrected chi connectivity index (χ0v) is 17.5. The van der Waals surface area contributed by atoms with Gasteiger partial charge >= 0.3 is 0 Å². The Labute approximate surface area is 180 Å². The lowest BCUT2D eigenvalue weighted by atomic mass is 9.94. The third kappa shape index (κ3) is 5.38. The molecule has 2 unspecified atom stereocenters. The monoisotopic (exact) mass is 421 g/mol. The molecule has 4 radical (unpaired) electrons. The van der Waals surface area contributed by atoms with Gasteiger partial charge in [0.15, 0.2) is 5.13 Å². The number of ketones is 1. The number of alkyl halides is 1. The van der Waals surface area contributed by atoms with Crippen LogP contribution in [-0.2, 0) is 0 Å². The molecule has 1 N–H and O–H groups in total. The lowest BCUT2D eigenvalue weighted by molar-refractivity contribution is 0.0809. The standard InChI is InChI=1S/C20H18B2FN3O3S/c1-10-19(18(27)13-4-7-17(24-9-13)29-12(3)23)30-20(25-10)26-14-5-6-16(15(22)8-14)28-11(2)21/h4-9,11-12H,1-3H3,(H,25,26). The van der Waals surface area contributed by atoms with Crippen molar-refractivity contribution in [3.8, 4) is 11.6 Å². The Morgan fingerprint density at radius 1 is 1.23 bits per heavy atom. The van der Waals surface area contributed by atoms with E-state index in [9.17, 15) is 9.18 Å². The molecule has 30 heavy (non-hydrogen) atoms. The van der Waals surface area contributed by atoms with Gasteiger partial charge < -0.3 is 14.8 Å². The summed E-state index contributed by atoms with van der Waals surface area (Å²) < 4.78 is 23.2. The number of pyridine rings is 1. The molecule has 0 saturated carbocycles. The molecule has 0 fully saturated rings.